The average molecular weight is 613 g/mol. The molecule has 0 N–H and O–H groups in total. The molecule has 5 aromatic rings. The Morgan fingerprint density at radius 3 is 2.52 bits per heavy atom. The highest BCUT2D eigenvalue weighted by Gasteiger charge is 2.32. The Kier molecular flexibility index (Phi) is 6.73. The van der Waals surface area contributed by atoms with Gasteiger partial charge in [-0.25, -0.2) is 4.99 Å². The Morgan fingerprint density at radius 1 is 0.976 bits per heavy atom. The second-order valence-electron chi connectivity index (χ2n) is 10.6. The zero-order valence-electron chi connectivity index (χ0n) is 23.3. The van der Waals surface area contributed by atoms with Crippen LogP contribution in [0.4, 0.5) is 0 Å². The van der Waals surface area contributed by atoms with Crippen LogP contribution in [0.15, 0.2) is 88.2 Å². The molecule has 42 heavy (non-hydrogen) atoms. The predicted molar refractivity (Wildman–Crippen MR) is 171 cm³/mol. The lowest BCUT2D eigenvalue weighted by atomic mass is 9.83. The third-order valence-corrected chi connectivity index (χ3v) is 9.94. The number of fused-ring (bicyclic) bond motifs is 3. The van der Waals surface area contributed by atoms with Gasteiger partial charge in [0.15, 0.2) is 4.80 Å². The maximum absolute atomic E-state index is 14.2. The molecule has 210 valence electrons. The van der Waals surface area contributed by atoms with Gasteiger partial charge in [0, 0.05) is 22.6 Å². The highest BCUT2D eigenvalue weighted by Crippen LogP contribution is 2.41. The number of allylic oxidation sites excluding steroid dienone is 1. The van der Waals surface area contributed by atoms with Crippen LogP contribution in [0.5, 0.6) is 5.75 Å². The van der Waals surface area contributed by atoms with Crippen molar-refractivity contribution in [1.29, 1.82) is 0 Å². The van der Waals surface area contributed by atoms with Crippen molar-refractivity contribution in [1.82, 2.24) is 9.13 Å². The normalized spacial score (nSPS) is 16.1. The Balaban J connectivity index is 1.42. The molecule has 2 aliphatic rings. The molecule has 1 aliphatic heterocycles. The minimum absolute atomic E-state index is 0.0377. The summed E-state index contributed by atoms with van der Waals surface area (Å²) >= 11 is 13.9. The van der Waals surface area contributed by atoms with Crippen molar-refractivity contribution in [3.63, 3.8) is 0 Å². The number of ether oxygens (including phenoxy) is 1. The van der Waals surface area contributed by atoms with Gasteiger partial charge in [0.2, 0.25) is 0 Å². The van der Waals surface area contributed by atoms with Gasteiger partial charge >= 0.3 is 0 Å². The summed E-state index contributed by atoms with van der Waals surface area (Å²) in [7, 11) is 1.66. The molecule has 0 radical (unpaired) electrons. The van der Waals surface area contributed by atoms with Gasteiger partial charge in [-0.2, -0.15) is 0 Å². The first kappa shape index (κ1) is 27.0. The number of nitrogens with zero attached hydrogens (tertiary/aromatic N) is 3. The lowest BCUT2D eigenvalue weighted by molar-refractivity contribution is 0.414. The topological polar surface area (TPSA) is 48.5 Å². The van der Waals surface area contributed by atoms with Crippen LogP contribution in [-0.2, 0) is 6.42 Å². The van der Waals surface area contributed by atoms with E-state index in [1.54, 1.807) is 13.2 Å². The van der Waals surface area contributed by atoms with E-state index in [2.05, 4.69) is 47.0 Å². The molecular formula is C34H27Cl2N3O2S. The van der Waals surface area contributed by atoms with Gasteiger partial charge in [0.25, 0.3) is 5.56 Å². The second-order valence-corrected chi connectivity index (χ2v) is 12.5. The fourth-order valence-electron chi connectivity index (χ4n) is 6.21. The molecular weight excluding hydrogens is 585 g/mol. The van der Waals surface area contributed by atoms with Gasteiger partial charge in [-0.15, -0.1) is 0 Å². The highest BCUT2D eigenvalue weighted by molar-refractivity contribution is 7.07. The monoisotopic (exact) mass is 611 g/mol. The van der Waals surface area contributed by atoms with Crippen molar-refractivity contribution in [2.45, 2.75) is 32.7 Å². The first-order valence-electron chi connectivity index (χ1n) is 13.8. The van der Waals surface area contributed by atoms with Crippen molar-refractivity contribution < 1.29 is 4.74 Å². The molecule has 2 aromatic heterocycles. The van der Waals surface area contributed by atoms with Gasteiger partial charge in [0.05, 0.1) is 33.4 Å². The van der Waals surface area contributed by atoms with Crippen LogP contribution in [0.1, 0.15) is 46.1 Å². The van der Waals surface area contributed by atoms with Crippen LogP contribution in [0, 0.1) is 13.8 Å². The van der Waals surface area contributed by atoms with Crippen LogP contribution >= 0.6 is 34.5 Å². The number of rotatable bonds is 4. The van der Waals surface area contributed by atoms with Crippen LogP contribution in [0.2, 0.25) is 10.0 Å². The molecule has 0 bridgehead atoms. The standard InChI is InChI=1S/C34H27Cl2N3O2S/c1-19-16-23(20(2)38(19)24-11-15-28(35)29(36)18-24)17-30-33(40)39-32(22-8-12-25(41-3)13-9-22)27-14-10-21-6-4-5-7-26(21)31(27)37-34(39)42-30/h4-9,11-13,15-18,32H,10,14H2,1-3H3/b30-17+/t32-/m1/s1. The second kappa shape index (κ2) is 10.5. The summed E-state index contributed by atoms with van der Waals surface area (Å²) in [6, 6.07) is 24.0. The SMILES string of the molecule is COc1ccc([C@@H]2C3=C(N=c4s/c(=C/c5cc(C)n(-c6ccc(Cl)c(Cl)c6)c5C)c(=O)n42)c2ccccc2CC3)cc1. The van der Waals surface area contributed by atoms with Crippen molar-refractivity contribution >= 4 is 46.3 Å². The van der Waals surface area contributed by atoms with Crippen LogP contribution in [0.25, 0.3) is 17.5 Å². The zero-order chi connectivity index (χ0) is 29.1. The van der Waals surface area contributed by atoms with E-state index >= 15 is 0 Å². The average Bonchev–Trinajstić information content (AvgIpc) is 3.46. The van der Waals surface area contributed by atoms with Gasteiger partial charge in [-0.1, -0.05) is 70.9 Å². The predicted octanol–water partition coefficient (Wildman–Crippen LogP) is 7.04. The number of hydrogen-bond donors (Lipinski definition) is 0. The van der Waals surface area contributed by atoms with Gasteiger partial charge in [-0.05, 0) is 91.4 Å². The molecule has 3 aromatic carbocycles. The summed E-state index contributed by atoms with van der Waals surface area (Å²) in [5.41, 5.74) is 9.56. The first-order valence-corrected chi connectivity index (χ1v) is 15.3. The lowest BCUT2D eigenvalue weighted by Gasteiger charge is -2.30. The number of aryl methyl sites for hydroxylation is 2. The number of aromatic nitrogens is 2. The minimum Gasteiger partial charge on any atom is -0.497 e. The fourth-order valence-corrected chi connectivity index (χ4v) is 7.49. The summed E-state index contributed by atoms with van der Waals surface area (Å²) in [6.07, 6.45) is 3.76. The molecule has 0 saturated carbocycles. The fraction of sp³-hybridized carbons (Fsp3) is 0.176. The molecule has 5 nitrogen and oxygen atoms in total. The number of hydrogen-bond acceptors (Lipinski definition) is 4. The minimum atomic E-state index is -0.235. The van der Waals surface area contributed by atoms with Crippen molar-refractivity contribution in [2.24, 2.45) is 4.99 Å². The van der Waals surface area contributed by atoms with E-state index in [9.17, 15) is 4.79 Å². The Labute approximate surface area is 257 Å². The van der Waals surface area contributed by atoms with Crippen LogP contribution in [0.3, 0.4) is 0 Å². The third kappa shape index (κ3) is 4.37. The van der Waals surface area contributed by atoms with E-state index in [1.165, 1.54) is 22.5 Å². The number of methoxy groups -OCH3 is 1. The Bertz CT molecular complexity index is 2100. The maximum atomic E-state index is 14.2. The number of thiazole rings is 1. The molecule has 3 heterocycles. The Hall–Kier alpha value is -3.84. The summed E-state index contributed by atoms with van der Waals surface area (Å²) in [5, 5.41) is 1.02. The van der Waals surface area contributed by atoms with Crippen LogP contribution in [-0.4, -0.2) is 16.2 Å². The van der Waals surface area contributed by atoms with E-state index in [1.807, 2.05) is 48.8 Å². The van der Waals surface area contributed by atoms with Gasteiger partial charge in [0.1, 0.15) is 5.75 Å². The van der Waals surface area contributed by atoms with Gasteiger partial charge in [-0.3, -0.25) is 9.36 Å². The molecule has 1 atom stereocenters. The molecule has 7 rings (SSSR count). The zero-order valence-corrected chi connectivity index (χ0v) is 25.6. The molecule has 0 unspecified atom stereocenters. The maximum Gasteiger partial charge on any atom is 0.271 e. The van der Waals surface area contributed by atoms with E-state index in [0.717, 1.165) is 58.1 Å². The molecule has 1 aliphatic carbocycles. The highest BCUT2D eigenvalue weighted by atomic mass is 35.5. The van der Waals surface area contributed by atoms with E-state index in [4.69, 9.17) is 32.9 Å². The van der Waals surface area contributed by atoms with E-state index in [-0.39, 0.29) is 11.6 Å². The molecule has 8 heteroatoms. The van der Waals surface area contributed by atoms with Crippen LogP contribution < -0.4 is 19.6 Å². The van der Waals surface area contributed by atoms with E-state index in [0.29, 0.717) is 19.4 Å². The first-order chi connectivity index (χ1) is 20.3. The summed E-state index contributed by atoms with van der Waals surface area (Å²) in [6.45, 7) is 4.10. The number of halogens is 2. The lowest BCUT2D eigenvalue weighted by Crippen LogP contribution is -2.38. The largest absolute Gasteiger partial charge is 0.497 e. The van der Waals surface area contributed by atoms with Gasteiger partial charge < -0.3 is 9.30 Å². The quantitative estimate of drug-likeness (QED) is 0.219. The summed E-state index contributed by atoms with van der Waals surface area (Å²) in [5.74, 6) is 0.784. The smallest absolute Gasteiger partial charge is 0.271 e. The molecule has 0 saturated heterocycles. The van der Waals surface area contributed by atoms with Crippen molar-refractivity contribution in [3.05, 3.63) is 142 Å². The summed E-state index contributed by atoms with van der Waals surface area (Å²) < 4.78 is 10.1. The summed E-state index contributed by atoms with van der Waals surface area (Å²) in [4.78, 5) is 20.0. The van der Waals surface area contributed by atoms with Crippen molar-refractivity contribution in [3.8, 4) is 11.4 Å². The molecule has 0 amide bonds. The Morgan fingerprint density at radius 2 is 1.76 bits per heavy atom. The number of benzene rings is 3. The molecule has 0 fully saturated rings. The third-order valence-electron chi connectivity index (χ3n) is 8.22. The molecule has 0 spiro atoms. The van der Waals surface area contributed by atoms with Crippen molar-refractivity contribution in [2.75, 3.05) is 7.11 Å². The van der Waals surface area contributed by atoms with E-state index < -0.39 is 0 Å².